The van der Waals surface area contributed by atoms with E-state index in [0.717, 1.165) is 16.7 Å². The van der Waals surface area contributed by atoms with Gasteiger partial charge in [-0.3, -0.25) is 9.32 Å². The lowest BCUT2D eigenvalue weighted by Gasteiger charge is -2.54. The van der Waals surface area contributed by atoms with Gasteiger partial charge in [-0.05, 0) is 36.5 Å². The van der Waals surface area contributed by atoms with Gasteiger partial charge < -0.3 is 24.6 Å². The molecule has 38 heavy (non-hydrogen) atoms. The molecule has 3 aromatic rings. The van der Waals surface area contributed by atoms with Gasteiger partial charge in [0.1, 0.15) is 6.10 Å². The van der Waals surface area contributed by atoms with Crippen LogP contribution in [0.15, 0.2) is 91.0 Å². The van der Waals surface area contributed by atoms with Crippen LogP contribution >= 0.6 is 7.82 Å². The van der Waals surface area contributed by atoms with Crippen molar-refractivity contribution in [1.82, 2.24) is 5.32 Å². The fraction of sp³-hybridized carbons (Fsp3) is 0.345. The Bertz CT molecular complexity index is 1180. The molecule has 1 aliphatic heterocycles. The van der Waals surface area contributed by atoms with Gasteiger partial charge in [0, 0.05) is 12.3 Å². The van der Waals surface area contributed by atoms with Crippen LogP contribution in [0.5, 0.6) is 0 Å². The number of hydrogen-bond donors (Lipinski definition) is 3. The number of carbonyl (C=O) groups is 1. The van der Waals surface area contributed by atoms with Gasteiger partial charge in [-0.15, -0.1) is 0 Å². The third-order valence-corrected chi connectivity index (χ3v) is 7.48. The fourth-order valence-corrected chi connectivity index (χ4v) is 5.72. The monoisotopic (exact) mass is 539 g/mol. The van der Waals surface area contributed by atoms with Crippen molar-refractivity contribution in [3.63, 3.8) is 0 Å². The first-order valence-corrected chi connectivity index (χ1v) is 14.1. The zero-order valence-corrected chi connectivity index (χ0v) is 22.4. The highest BCUT2D eigenvalue weighted by atomic mass is 31.2. The van der Waals surface area contributed by atoms with Crippen molar-refractivity contribution in [1.29, 1.82) is 0 Å². The van der Waals surface area contributed by atoms with Gasteiger partial charge in [0.05, 0.1) is 18.8 Å². The number of ether oxygens (including phenoxy) is 2. The molecule has 1 heterocycles. The van der Waals surface area contributed by atoms with E-state index in [-0.39, 0.29) is 12.5 Å². The van der Waals surface area contributed by atoms with Crippen LogP contribution in [-0.4, -0.2) is 40.2 Å². The maximum atomic E-state index is 12.6. The van der Waals surface area contributed by atoms with Gasteiger partial charge in [-0.25, -0.2) is 4.57 Å². The number of benzene rings is 3. The van der Waals surface area contributed by atoms with Crippen molar-refractivity contribution in [2.75, 3.05) is 0 Å². The lowest BCUT2D eigenvalue weighted by Crippen LogP contribution is -2.68. The molecule has 9 heteroatoms. The summed E-state index contributed by atoms with van der Waals surface area (Å²) in [6.45, 7) is 3.40. The van der Waals surface area contributed by atoms with Gasteiger partial charge in [-0.2, -0.15) is 0 Å². The maximum absolute atomic E-state index is 12.6. The minimum atomic E-state index is -4.95. The van der Waals surface area contributed by atoms with Gasteiger partial charge in [-0.1, -0.05) is 91.0 Å². The average molecular weight is 540 g/mol. The first-order valence-electron chi connectivity index (χ1n) is 12.6. The molecule has 8 nitrogen and oxygen atoms in total. The Kier molecular flexibility index (Phi) is 9.15. The van der Waals surface area contributed by atoms with E-state index in [2.05, 4.69) is 5.32 Å². The molecule has 1 amide bonds. The summed E-state index contributed by atoms with van der Waals surface area (Å²) in [7, 11) is -4.95. The summed E-state index contributed by atoms with van der Waals surface area (Å²) >= 11 is 0. The molecular weight excluding hydrogens is 505 g/mol. The molecule has 0 spiro atoms. The van der Waals surface area contributed by atoms with E-state index in [4.69, 9.17) is 14.0 Å². The molecular formula is C29H34NO7P. The van der Waals surface area contributed by atoms with Crippen molar-refractivity contribution in [3.05, 3.63) is 108 Å². The van der Waals surface area contributed by atoms with Crippen LogP contribution in [0.25, 0.3) is 0 Å². The van der Waals surface area contributed by atoms with E-state index in [1.54, 1.807) is 0 Å². The number of nitrogens with one attached hydrogen (secondary N) is 1. The summed E-state index contributed by atoms with van der Waals surface area (Å²) < 4.78 is 29.6. The third-order valence-electron chi connectivity index (χ3n) is 7.00. The molecule has 0 saturated carbocycles. The molecule has 3 aromatic carbocycles. The van der Waals surface area contributed by atoms with Crippen molar-refractivity contribution in [2.24, 2.45) is 5.41 Å². The standard InChI is InChI=1S/C29H34NO7P/c1-21-29(18-23-12-6-3-7-13-23,19-24-14-8-4-9-15-24)27(30-22(2)31)26(28(36-21)37-38(32,33)34)35-20-25-16-10-5-11-17-25/h3-17,21,26-28H,18-20H2,1-2H3,(H,30,31)(H2,32,33,34)/t21-,26-,27-,28-/m1/s1. The first-order chi connectivity index (χ1) is 18.2. The quantitative estimate of drug-likeness (QED) is 0.327. The smallest absolute Gasteiger partial charge is 0.366 e. The Morgan fingerprint density at radius 3 is 1.82 bits per heavy atom. The summed E-state index contributed by atoms with van der Waals surface area (Å²) in [6, 6.07) is 28.5. The lowest BCUT2D eigenvalue weighted by atomic mass is 9.64. The van der Waals surface area contributed by atoms with Crippen LogP contribution in [-0.2, 0) is 42.8 Å². The van der Waals surface area contributed by atoms with E-state index in [9.17, 15) is 19.1 Å². The number of phosphoric acid groups is 1. The van der Waals surface area contributed by atoms with Crippen molar-refractivity contribution in [3.8, 4) is 0 Å². The second-order valence-electron chi connectivity index (χ2n) is 9.74. The summed E-state index contributed by atoms with van der Waals surface area (Å²) in [6.07, 6.45) is -1.97. The summed E-state index contributed by atoms with van der Waals surface area (Å²) in [5.41, 5.74) is 2.18. The molecule has 202 valence electrons. The second-order valence-corrected chi connectivity index (χ2v) is 10.9. The van der Waals surface area contributed by atoms with Crippen LogP contribution in [0.3, 0.4) is 0 Å². The summed E-state index contributed by atoms with van der Waals surface area (Å²) in [4.78, 5) is 32.0. The van der Waals surface area contributed by atoms with E-state index in [1.807, 2.05) is 97.9 Å². The Labute approximate surface area is 223 Å². The molecule has 0 bridgehead atoms. The molecule has 1 saturated heterocycles. The SMILES string of the molecule is CC(=O)N[C@@H]1[C@@H](OCc2ccccc2)[C@@H](OP(=O)(O)O)O[C@H](C)C1(Cc1ccccc1)Cc1ccccc1. The van der Waals surface area contributed by atoms with E-state index in [1.165, 1.54) is 6.92 Å². The van der Waals surface area contributed by atoms with Gasteiger partial charge in [0.15, 0.2) is 6.29 Å². The number of hydrogen-bond acceptors (Lipinski definition) is 5. The second kappa shape index (κ2) is 12.3. The van der Waals surface area contributed by atoms with Crippen molar-refractivity contribution >= 4 is 13.7 Å². The van der Waals surface area contributed by atoms with E-state index < -0.39 is 37.8 Å². The predicted octanol–water partition coefficient (Wildman–Crippen LogP) is 4.40. The first kappa shape index (κ1) is 28.2. The molecule has 0 aliphatic carbocycles. The van der Waals surface area contributed by atoms with E-state index >= 15 is 0 Å². The van der Waals surface area contributed by atoms with E-state index in [0.29, 0.717) is 12.8 Å². The van der Waals surface area contributed by atoms with Crippen LogP contribution in [0.1, 0.15) is 30.5 Å². The van der Waals surface area contributed by atoms with Crippen LogP contribution in [0.2, 0.25) is 0 Å². The average Bonchev–Trinajstić information content (AvgIpc) is 2.87. The fourth-order valence-electron chi connectivity index (χ4n) is 5.28. The van der Waals surface area contributed by atoms with Crippen molar-refractivity contribution < 1.29 is 33.1 Å². The molecule has 3 N–H and O–H groups in total. The van der Waals surface area contributed by atoms with Crippen LogP contribution < -0.4 is 5.32 Å². The number of rotatable bonds is 10. The minimum absolute atomic E-state index is 0.132. The lowest BCUT2D eigenvalue weighted by molar-refractivity contribution is -0.271. The third kappa shape index (κ3) is 7.17. The number of phosphoric ester groups is 1. The molecule has 4 rings (SSSR count). The molecule has 1 aliphatic rings. The molecule has 0 aromatic heterocycles. The highest BCUT2D eigenvalue weighted by Crippen LogP contribution is 2.48. The topological polar surface area (TPSA) is 114 Å². The number of carbonyl (C=O) groups excluding carboxylic acids is 1. The molecule has 1 fully saturated rings. The zero-order chi connectivity index (χ0) is 27.2. The van der Waals surface area contributed by atoms with Gasteiger partial charge >= 0.3 is 7.82 Å². The van der Waals surface area contributed by atoms with Crippen molar-refractivity contribution in [2.45, 2.75) is 57.8 Å². The van der Waals surface area contributed by atoms with Crippen LogP contribution in [0, 0.1) is 5.41 Å². The number of amides is 1. The minimum Gasteiger partial charge on any atom is -0.366 e. The van der Waals surface area contributed by atoms with Gasteiger partial charge in [0.2, 0.25) is 5.91 Å². The highest BCUT2D eigenvalue weighted by molar-refractivity contribution is 7.46. The Hall–Kier alpha value is -2.84. The maximum Gasteiger partial charge on any atom is 0.472 e. The van der Waals surface area contributed by atoms with Gasteiger partial charge in [0.25, 0.3) is 0 Å². The Morgan fingerprint density at radius 1 is 0.895 bits per heavy atom. The van der Waals surface area contributed by atoms with Crippen LogP contribution in [0.4, 0.5) is 0 Å². The Balaban J connectivity index is 1.81. The summed E-state index contributed by atoms with van der Waals surface area (Å²) in [5, 5.41) is 3.07. The predicted molar refractivity (Wildman–Crippen MR) is 143 cm³/mol. The Morgan fingerprint density at radius 2 is 1.37 bits per heavy atom. The molecule has 4 atom stereocenters. The summed E-state index contributed by atoms with van der Waals surface area (Å²) in [5.74, 6) is -0.294. The zero-order valence-electron chi connectivity index (χ0n) is 21.5. The molecule has 0 radical (unpaired) electrons. The highest BCUT2D eigenvalue weighted by Gasteiger charge is 2.56. The normalized spacial score (nSPS) is 23.1. The molecule has 0 unspecified atom stereocenters. The largest absolute Gasteiger partial charge is 0.472 e.